The van der Waals surface area contributed by atoms with Gasteiger partial charge < -0.3 is 19.9 Å². The number of nitrogens with one attached hydrogen (secondary N) is 1. The number of nitrogens with zero attached hydrogens (tertiary/aromatic N) is 1. The second-order valence-corrected chi connectivity index (χ2v) is 7.77. The molecule has 2 N–H and O–H groups in total. The zero-order valence-corrected chi connectivity index (χ0v) is 19.1. The number of carboxylic acids is 1. The molecule has 0 saturated heterocycles. The molecule has 9 nitrogen and oxygen atoms in total. The van der Waals surface area contributed by atoms with E-state index in [0.717, 1.165) is 11.1 Å². The summed E-state index contributed by atoms with van der Waals surface area (Å²) in [6, 6.07) is 17.8. The Hall–Kier alpha value is -4.53. The van der Waals surface area contributed by atoms with E-state index >= 15 is 0 Å². The van der Waals surface area contributed by atoms with Gasteiger partial charge in [-0.05, 0) is 50.2 Å². The van der Waals surface area contributed by atoms with Gasteiger partial charge in [0.25, 0.3) is 5.91 Å². The third kappa shape index (κ3) is 6.97. The number of pyridine rings is 1. The van der Waals surface area contributed by atoms with Crippen molar-refractivity contribution < 1.29 is 33.8 Å². The summed E-state index contributed by atoms with van der Waals surface area (Å²) >= 11 is 0. The van der Waals surface area contributed by atoms with Crippen LogP contribution in [0.2, 0.25) is 0 Å². The highest BCUT2D eigenvalue weighted by Crippen LogP contribution is 2.15. The van der Waals surface area contributed by atoms with Crippen molar-refractivity contribution in [2.45, 2.75) is 32.6 Å². The average molecular weight is 476 g/mol. The van der Waals surface area contributed by atoms with E-state index < -0.39 is 36.0 Å². The fourth-order valence-corrected chi connectivity index (χ4v) is 3.19. The Morgan fingerprint density at radius 3 is 1.89 bits per heavy atom. The summed E-state index contributed by atoms with van der Waals surface area (Å²) < 4.78 is 10.5. The predicted octanol–water partition coefficient (Wildman–Crippen LogP) is 2.85. The third-order valence-electron chi connectivity index (χ3n) is 4.92. The van der Waals surface area contributed by atoms with Crippen LogP contribution in [0, 0.1) is 13.8 Å². The molecule has 0 bridgehead atoms. The Morgan fingerprint density at radius 1 is 0.829 bits per heavy atom. The maximum Gasteiger partial charge on any atom is 0.349 e. The minimum Gasteiger partial charge on any atom is -0.478 e. The van der Waals surface area contributed by atoms with Gasteiger partial charge in [0, 0.05) is 6.20 Å². The summed E-state index contributed by atoms with van der Waals surface area (Å²) in [5.41, 5.74) is 2.21. The number of aromatic nitrogens is 1. The van der Waals surface area contributed by atoms with Crippen molar-refractivity contribution >= 4 is 23.8 Å². The Balaban J connectivity index is 1.86. The van der Waals surface area contributed by atoms with Crippen LogP contribution < -0.4 is 5.32 Å². The second-order valence-electron chi connectivity index (χ2n) is 7.77. The number of hydrogen-bond acceptors (Lipinski definition) is 7. The molecule has 3 aromatic rings. The van der Waals surface area contributed by atoms with Gasteiger partial charge >= 0.3 is 17.9 Å². The summed E-state index contributed by atoms with van der Waals surface area (Å²) in [4.78, 5) is 54.6. The number of aryl methyl sites for hydroxylation is 2. The molecule has 1 heterocycles. The molecule has 9 heteroatoms. The molecule has 1 amide bonds. The summed E-state index contributed by atoms with van der Waals surface area (Å²) in [7, 11) is 0. The van der Waals surface area contributed by atoms with Crippen LogP contribution in [0.4, 0.5) is 0 Å². The Morgan fingerprint density at radius 2 is 1.40 bits per heavy atom. The van der Waals surface area contributed by atoms with Gasteiger partial charge in [-0.1, -0.05) is 41.5 Å². The molecule has 2 aromatic carbocycles. The fraction of sp³-hybridized carbons (Fsp3) is 0.192. The summed E-state index contributed by atoms with van der Waals surface area (Å²) in [5.74, 6) is -4.53. The smallest absolute Gasteiger partial charge is 0.349 e. The molecule has 0 unspecified atom stereocenters. The number of hydrogen-bond donors (Lipinski definition) is 2. The van der Waals surface area contributed by atoms with E-state index in [1.165, 1.54) is 30.5 Å². The average Bonchev–Trinajstić information content (AvgIpc) is 2.84. The van der Waals surface area contributed by atoms with Crippen LogP contribution in [0.15, 0.2) is 72.9 Å². The van der Waals surface area contributed by atoms with Crippen LogP contribution in [0.5, 0.6) is 0 Å². The van der Waals surface area contributed by atoms with Gasteiger partial charge in [-0.3, -0.25) is 9.78 Å². The highest BCUT2D eigenvalue weighted by molar-refractivity contribution is 5.96. The summed E-state index contributed by atoms with van der Waals surface area (Å²) in [6.07, 6.45) is -2.53. The van der Waals surface area contributed by atoms with Gasteiger partial charge in [-0.2, -0.15) is 0 Å². The zero-order valence-electron chi connectivity index (χ0n) is 19.1. The van der Waals surface area contributed by atoms with Gasteiger partial charge in [0.2, 0.25) is 12.2 Å². The number of carbonyl (C=O) groups is 4. The maximum absolute atomic E-state index is 13.0. The van der Waals surface area contributed by atoms with Gasteiger partial charge in [-0.15, -0.1) is 0 Å². The Kier molecular flexibility index (Phi) is 8.29. The minimum atomic E-state index is -2.10. The number of aliphatic carboxylic acids is 1. The van der Waals surface area contributed by atoms with E-state index in [1.54, 1.807) is 56.3 Å². The van der Waals surface area contributed by atoms with Crippen LogP contribution in [0.25, 0.3) is 0 Å². The molecule has 0 aliphatic carbocycles. The van der Waals surface area contributed by atoms with Crippen LogP contribution >= 0.6 is 0 Å². The molecule has 0 aliphatic rings. The monoisotopic (exact) mass is 476 g/mol. The lowest BCUT2D eigenvalue weighted by molar-refractivity contribution is -0.159. The van der Waals surface area contributed by atoms with Gasteiger partial charge in [-0.25, -0.2) is 14.4 Å². The van der Waals surface area contributed by atoms with E-state index in [2.05, 4.69) is 10.3 Å². The highest BCUT2D eigenvalue weighted by atomic mass is 16.6. The highest BCUT2D eigenvalue weighted by Gasteiger charge is 2.41. The lowest BCUT2D eigenvalue weighted by atomic mass is 10.1. The van der Waals surface area contributed by atoms with Crippen molar-refractivity contribution in [2.24, 2.45) is 0 Å². The molecule has 0 saturated carbocycles. The molecule has 3 rings (SSSR count). The molecule has 0 aliphatic heterocycles. The normalized spacial score (nSPS) is 12.2. The second kappa shape index (κ2) is 11.6. The fourth-order valence-electron chi connectivity index (χ4n) is 3.19. The van der Waals surface area contributed by atoms with Crippen molar-refractivity contribution in [3.05, 3.63) is 101 Å². The van der Waals surface area contributed by atoms with Gasteiger partial charge in [0.1, 0.15) is 0 Å². The number of rotatable bonds is 9. The topological polar surface area (TPSA) is 132 Å². The lowest BCUT2D eigenvalue weighted by Gasteiger charge is -2.23. The first-order chi connectivity index (χ1) is 16.7. The molecular formula is C26H24N2O7. The number of benzene rings is 2. The van der Waals surface area contributed by atoms with Crippen LogP contribution in [0.3, 0.4) is 0 Å². The van der Waals surface area contributed by atoms with Crippen molar-refractivity contribution in [2.75, 3.05) is 0 Å². The Labute approximate surface area is 201 Å². The Bertz CT molecular complexity index is 1230. The first-order valence-electron chi connectivity index (χ1n) is 10.7. The van der Waals surface area contributed by atoms with Crippen LogP contribution in [0.1, 0.15) is 37.5 Å². The molecule has 0 radical (unpaired) electrons. The van der Waals surface area contributed by atoms with E-state index in [0.29, 0.717) is 5.69 Å². The number of amides is 1. The third-order valence-corrected chi connectivity index (χ3v) is 4.92. The van der Waals surface area contributed by atoms with E-state index in [4.69, 9.17) is 9.47 Å². The number of carbonyl (C=O) groups excluding carboxylic acids is 3. The SMILES string of the molecule is Cc1cccc(C(=O)O[C@H](C(=O)O)[C@@H](OC(=O)c2cccc(C)c2)C(=O)NCc2ccccn2)c1. The van der Waals surface area contributed by atoms with Crippen molar-refractivity contribution in [3.63, 3.8) is 0 Å². The lowest BCUT2D eigenvalue weighted by Crippen LogP contribution is -2.50. The molecule has 180 valence electrons. The first kappa shape index (κ1) is 25.1. The van der Waals surface area contributed by atoms with Crippen LogP contribution in [-0.2, 0) is 25.6 Å². The molecule has 35 heavy (non-hydrogen) atoms. The number of esters is 2. The number of ether oxygens (including phenoxy) is 2. The summed E-state index contributed by atoms with van der Waals surface area (Å²) in [5, 5.41) is 12.3. The molecule has 1 aromatic heterocycles. The predicted molar refractivity (Wildman–Crippen MR) is 124 cm³/mol. The first-order valence-corrected chi connectivity index (χ1v) is 10.7. The summed E-state index contributed by atoms with van der Waals surface area (Å²) in [6.45, 7) is 3.46. The number of carboxylic acid groups (broad SMARTS) is 1. The van der Waals surface area contributed by atoms with E-state index in [9.17, 15) is 24.3 Å². The largest absolute Gasteiger partial charge is 0.478 e. The van der Waals surface area contributed by atoms with Gasteiger partial charge in [0.15, 0.2) is 0 Å². The maximum atomic E-state index is 13.0. The quantitative estimate of drug-likeness (QED) is 0.451. The molecular weight excluding hydrogens is 452 g/mol. The molecule has 2 atom stereocenters. The molecule has 0 spiro atoms. The van der Waals surface area contributed by atoms with Crippen molar-refractivity contribution in [1.82, 2.24) is 10.3 Å². The van der Waals surface area contributed by atoms with E-state index in [1.807, 2.05) is 0 Å². The van der Waals surface area contributed by atoms with Crippen LogP contribution in [-0.4, -0.2) is 46.1 Å². The standard InChI is InChI=1S/C26H24N2O7/c1-16-7-5-9-18(13-16)25(32)34-21(23(29)28-15-20-11-3-4-12-27-20)22(24(30)31)35-26(33)19-10-6-8-17(2)14-19/h3-14,21-22H,15H2,1-2H3,(H,28,29)(H,30,31)/t21-,22+/m1/s1. The zero-order chi connectivity index (χ0) is 25.4. The van der Waals surface area contributed by atoms with Crippen molar-refractivity contribution in [3.8, 4) is 0 Å². The van der Waals surface area contributed by atoms with Gasteiger partial charge in [0.05, 0.1) is 23.4 Å². The van der Waals surface area contributed by atoms with E-state index in [-0.39, 0.29) is 17.7 Å². The molecule has 0 fully saturated rings. The minimum absolute atomic E-state index is 0.0592. The van der Waals surface area contributed by atoms with Crippen molar-refractivity contribution in [1.29, 1.82) is 0 Å².